The Labute approximate surface area is 211 Å². The number of aryl methyl sites for hydroxylation is 3. The minimum absolute atomic E-state index is 0.0319. The number of amides is 1. The second-order valence-corrected chi connectivity index (χ2v) is 8.79. The van der Waals surface area contributed by atoms with E-state index in [-0.39, 0.29) is 12.4 Å². The van der Waals surface area contributed by atoms with Crippen molar-refractivity contribution >= 4 is 34.2 Å². The van der Waals surface area contributed by atoms with Crippen molar-refractivity contribution in [2.75, 3.05) is 5.32 Å². The van der Waals surface area contributed by atoms with E-state index in [1.165, 1.54) is 0 Å². The molecule has 182 valence electrons. The Bertz CT molecular complexity index is 1560. The van der Waals surface area contributed by atoms with Gasteiger partial charge in [-0.2, -0.15) is 0 Å². The number of benzene rings is 2. The van der Waals surface area contributed by atoms with E-state index >= 15 is 0 Å². The summed E-state index contributed by atoms with van der Waals surface area (Å²) < 4.78 is 10.8. The largest absolute Gasteiger partial charge is 0.444 e. The minimum atomic E-state index is -0.437. The molecule has 0 atom stereocenters. The molecule has 2 aromatic carbocycles. The Morgan fingerprint density at radius 1 is 1.06 bits per heavy atom. The molecule has 0 bridgehead atoms. The number of fused-ring (bicyclic) bond motifs is 1. The molecule has 5 rings (SSSR count). The van der Waals surface area contributed by atoms with Gasteiger partial charge >= 0.3 is 0 Å². The third-order valence-corrected chi connectivity index (χ3v) is 5.87. The molecule has 3 heterocycles. The topological polar surface area (TPSA) is 119 Å². The van der Waals surface area contributed by atoms with Gasteiger partial charge in [-0.05, 0) is 56.2 Å². The van der Waals surface area contributed by atoms with Crippen molar-refractivity contribution in [3.8, 4) is 11.1 Å². The molecule has 5 aromatic rings. The van der Waals surface area contributed by atoms with Gasteiger partial charge < -0.3 is 19.6 Å². The number of oxazole rings is 1. The van der Waals surface area contributed by atoms with Crippen LogP contribution in [0.3, 0.4) is 0 Å². The van der Waals surface area contributed by atoms with Gasteiger partial charge in [0.05, 0.1) is 24.0 Å². The van der Waals surface area contributed by atoms with Crippen molar-refractivity contribution in [1.29, 1.82) is 0 Å². The number of halogens is 1. The summed E-state index contributed by atoms with van der Waals surface area (Å²) in [5, 5.41) is 11.6. The normalized spacial score (nSPS) is 11.1. The fourth-order valence-electron chi connectivity index (χ4n) is 3.97. The highest BCUT2D eigenvalue weighted by molar-refractivity contribution is 6.30. The molecule has 9 nitrogen and oxygen atoms in total. The van der Waals surface area contributed by atoms with Crippen molar-refractivity contribution in [3.05, 3.63) is 88.2 Å². The molecule has 0 spiro atoms. The SMILES string of the molecule is Cc1cnc(CNC(=O)c2nc(NCc3cccc(Cl)c3)c3cc(-c4c(C)noc4C)ccc3n2)o1. The van der Waals surface area contributed by atoms with E-state index in [0.29, 0.717) is 34.6 Å². The van der Waals surface area contributed by atoms with Crippen LogP contribution in [-0.4, -0.2) is 26.0 Å². The molecule has 0 radical (unpaired) electrons. The van der Waals surface area contributed by atoms with Gasteiger partial charge in [-0.1, -0.05) is 35.0 Å². The summed E-state index contributed by atoms with van der Waals surface area (Å²) in [5.41, 5.74) is 4.22. The molecule has 0 aliphatic rings. The highest BCUT2D eigenvalue weighted by Gasteiger charge is 2.18. The van der Waals surface area contributed by atoms with Crippen molar-refractivity contribution in [3.63, 3.8) is 0 Å². The van der Waals surface area contributed by atoms with Crippen LogP contribution in [-0.2, 0) is 13.1 Å². The molecule has 2 N–H and O–H groups in total. The van der Waals surface area contributed by atoms with Crippen LogP contribution in [0.1, 0.15) is 39.3 Å². The van der Waals surface area contributed by atoms with E-state index in [0.717, 1.165) is 33.5 Å². The van der Waals surface area contributed by atoms with E-state index in [1.54, 1.807) is 13.1 Å². The van der Waals surface area contributed by atoms with Gasteiger partial charge in [0.2, 0.25) is 11.7 Å². The molecule has 36 heavy (non-hydrogen) atoms. The van der Waals surface area contributed by atoms with Gasteiger partial charge in [0.1, 0.15) is 17.3 Å². The summed E-state index contributed by atoms with van der Waals surface area (Å²) in [6.07, 6.45) is 1.60. The molecule has 10 heteroatoms. The lowest BCUT2D eigenvalue weighted by molar-refractivity contribution is 0.0937. The van der Waals surface area contributed by atoms with Gasteiger partial charge in [-0.25, -0.2) is 15.0 Å². The Balaban J connectivity index is 1.51. The Morgan fingerprint density at radius 2 is 1.92 bits per heavy atom. The Kier molecular flexibility index (Phi) is 6.39. The molecule has 3 aromatic heterocycles. The molecule has 0 aliphatic carbocycles. The number of nitrogens with zero attached hydrogens (tertiary/aromatic N) is 4. The van der Waals surface area contributed by atoms with Gasteiger partial charge in [-0.15, -0.1) is 0 Å². The average molecular weight is 503 g/mol. The monoisotopic (exact) mass is 502 g/mol. The predicted octanol–water partition coefficient (Wildman–Crippen LogP) is 5.39. The van der Waals surface area contributed by atoms with Crippen LogP contribution in [0, 0.1) is 20.8 Å². The first-order chi connectivity index (χ1) is 17.4. The maximum absolute atomic E-state index is 12.9. The van der Waals surface area contributed by atoms with Crippen LogP contribution >= 0.6 is 11.6 Å². The summed E-state index contributed by atoms with van der Waals surface area (Å²) in [5.74, 6) is 1.91. The maximum atomic E-state index is 12.9. The van der Waals surface area contributed by atoms with Gasteiger partial charge in [0.25, 0.3) is 5.91 Å². The number of hydrogen-bond donors (Lipinski definition) is 2. The number of carbonyl (C=O) groups excluding carboxylic acids is 1. The average Bonchev–Trinajstić information content (AvgIpc) is 3.44. The lowest BCUT2D eigenvalue weighted by atomic mass is 10.0. The zero-order valence-corrected chi connectivity index (χ0v) is 20.7. The summed E-state index contributed by atoms with van der Waals surface area (Å²) in [6, 6.07) is 13.3. The summed E-state index contributed by atoms with van der Waals surface area (Å²) in [4.78, 5) is 26.1. The highest BCUT2D eigenvalue weighted by atomic mass is 35.5. The summed E-state index contributed by atoms with van der Waals surface area (Å²) in [7, 11) is 0. The number of anilines is 1. The van der Waals surface area contributed by atoms with Crippen molar-refractivity contribution in [2.45, 2.75) is 33.9 Å². The van der Waals surface area contributed by atoms with Crippen LogP contribution in [0.2, 0.25) is 5.02 Å². The number of nitrogens with one attached hydrogen (secondary N) is 2. The number of aromatic nitrogens is 4. The quantitative estimate of drug-likeness (QED) is 0.304. The fourth-order valence-corrected chi connectivity index (χ4v) is 4.18. The molecular formula is C26H23ClN6O3. The van der Waals surface area contributed by atoms with Gasteiger partial charge in [-0.3, -0.25) is 4.79 Å². The second kappa shape index (κ2) is 9.79. The number of rotatable bonds is 7. The van der Waals surface area contributed by atoms with Crippen LogP contribution in [0.5, 0.6) is 0 Å². The van der Waals surface area contributed by atoms with E-state index in [1.807, 2.05) is 56.3 Å². The van der Waals surface area contributed by atoms with Crippen LogP contribution in [0.4, 0.5) is 5.82 Å². The molecular weight excluding hydrogens is 480 g/mol. The minimum Gasteiger partial charge on any atom is -0.444 e. The zero-order chi connectivity index (χ0) is 25.2. The van der Waals surface area contributed by atoms with Gasteiger partial charge in [0, 0.05) is 22.5 Å². The number of hydrogen-bond acceptors (Lipinski definition) is 8. The lowest BCUT2D eigenvalue weighted by Crippen LogP contribution is -2.25. The Morgan fingerprint density at radius 3 is 2.64 bits per heavy atom. The molecule has 0 aliphatic heterocycles. The zero-order valence-electron chi connectivity index (χ0n) is 19.9. The van der Waals surface area contributed by atoms with Crippen LogP contribution in [0.25, 0.3) is 22.0 Å². The van der Waals surface area contributed by atoms with Crippen molar-refractivity contribution in [1.82, 2.24) is 25.4 Å². The molecule has 1 amide bonds. The molecule has 0 fully saturated rings. The van der Waals surface area contributed by atoms with Gasteiger partial charge in [0.15, 0.2) is 0 Å². The maximum Gasteiger partial charge on any atom is 0.289 e. The van der Waals surface area contributed by atoms with Crippen molar-refractivity contribution in [2.24, 2.45) is 0 Å². The first kappa shape index (κ1) is 23.5. The first-order valence-electron chi connectivity index (χ1n) is 11.3. The van der Waals surface area contributed by atoms with Crippen LogP contribution in [0.15, 0.2) is 57.6 Å². The summed E-state index contributed by atoms with van der Waals surface area (Å²) >= 11 is 6.15. The van der Waals surface area contributed by atoms with Crippen LogP contribution < -0.4 is 10.6 Å². The highest BCUT2D eigenvalue weighted by Crippen LogP contribution is 2.31. The third-order valence-electron chi connectivity index (χ3n) is 5.64. The van der Waals surface area contributed by atoms with E-state index in [4.69, 9.17) is 20.5 Å². The fraction of sp³-hybridized carbons (Fsp3) is 0.192. The summed E-state index contributed by atoms with van der Waals surface area (Å²) in [6.45, 7) is 6.15. The molecule has 0 saturated carbocycles. The van der Waals surface area contributed by atoms with E-state index in [2.05, 4.69) is 30.7 Å². The van der Waals surface area contributed by atoms with Crippen molar-refractivity contribution < 1.29 is 13.7 Å². The van der Waals surface area contributed by atoms with E-state index in [9.17, 15) is 4.79 Å². The predicted molar refractivity (Wildman–Crippen MR) is 136 cm³/mol. The lowest BCUT2D eigenvalue weighted by Gasteiger charge is -2.12. The van der Waals surface area contributed by atoms with E-state index < -0.39 is 5.91 Å². The standard InChI is InChI=1S/C26H23ClN6O3/c1-14-11-28-22(35-14)13-30-26(34)25-31-21-8-7-18(23-15(2)33-36-16(23)3)10-20(21)24(32-25)29-12-17-5-4-6-19(27)9-17/h4-11H,12-13H2,1-3H3,(H,30,34)(H,29,31,32). The Hall–Kier alpha value is -4.24. The first-order valence-corrected chi connectivity index (χ1v) is 11.7. The number of carbonyl (C=O) groups is 1. The molecule has 0 unspecified atom stereocenters. The second-order valence-electron chi connectivity index (χ2n) is 8.36. The smallest absolute Gasteiger partial charge is 0.289 e. The molecule has 0 saturated heterocycles. The third kappa shape index (κ3) is 4.92.